The quantitative estimate of drug-likeness (QED) is 0.476. The number of aromatic hydroxyl groups is 1. The molecule has 0 aliphatic carbocycles. The molecule has 2 aliphatic rings. The van der Waals surface area contributed by atoms with E-state index in [1.54, 1.807) is 25.9 Å². The number of Topliss-reactive ketones (excluding diaryl/α,β-unsaturated/α-hetero) is 1. The Morgan fingerprint density at radius 2 is 1.88 bits per heavy atom. The van der Waals surface area contributed by atoms with Crippen molar-refractivity contribution in [1.29, 1.82) is 0 Å². The molecule has 1 amide bonds. The van der Waals surface area contributed by atoms with Crippen molar-refractivity contribution in [2.24, 2.45) is 0 Å². The maximum Gasteiger partial charge on any atom is 0.308 e. The van der Waals surface area contributed by atoms with Crippen molar-refractivity contribution in [3.8, 4) is 17.2 Å². The molecule has 8 heteroatoms. The van der Waals surface area contributed by atoms with Crippen LogP contribution in [0.4, 0.5) is 0 Å². The molecule has 2 aliphatic heterocycles. The number of amides is 1. The third-order valence-corrected chi connectivity index (χ3v) is 4.89. The Kier molecular flexibility index (Phi) is 3.95. The highest BCUT2D eigenvalue weighted by Gasteiger charge is 2.51. The second-order valence-corrected chi connectivity index (χ2v) is 6.39. The van der Waals surface area contributed by atoms with Gasteiger partial charge in [-0.15, -0.1) is 0 Å². The van der Waals surface area contributed by atoms with Crippen LogP contribution in [0.1, 0.15) is 34.5 Å². The number of hydrogen-bond acceptors (Lipinski definition) is 7. The van der Waals surface area contributed by atoms with E-state index in [0.717, 1.165) is 0 Å². The van der Waals surface area contributed by atoms with Gasteiger partial charge in [0.1, 0.15) is 5.75 Å². The van der Waals surface area contributed by atoms with Crippen molar-refractivity contribution in [3.63, 3.8) is 0 Å². The fourth-order valence-corrected chi connectivity index (χ4v) is 3.66. The Morgan fingerprint density at radius 1 is 1.24 bits per heavy atom. The molecule has 8 nitrogen and oxygen atoms in total. The lowest BCUT2D eigenvalue weighted by Gasteiger charge is -2.46. The van der Waals surface area contributed by atoms with Crippen molar-refractivity contribution < 1.29 is 29.0 Å². The number of carbonyl (C=O) groups excluding carboxylic acids is 3. The molecule has 2 bridgehead atoms. The molecule has 0 radical (unpaired) electrons. The number of phenolic OH excluding ortho intramolecular Hbond substituents is 1. The fraction of sp³-hybridized carbons (Fsp3) is 0.471. The molecule has 134 valence electrons. The maximum absolute atomic E-state index is 13.0. The Hall–Kier alpha value is -2.61. The van der Waals surface area contributed by atoms with Gasteiger partial charge < -0.3 is 19.5 Å². The number of nitrogens with zero attached hydrogens (tertiary/aromatic N) is 2. The monoisotopic (exact) mass is 348 g/mol. The van der Waals surface area contributed by atoms with Gasteiger partial charge in [0.05, 0.1) is 18.7 Å². The lowest BCUT2D eigenvalue weighted by atomic mass is 9.81. The number of rotatable bonds is 2. The normalized spacial score (nSPS) is 22.7. The van der Waals surface area contributed by atoms with Crippen LogP contribution in [0.15, 0.2) is 0 Å². The predicted molar refractivity (Wildman–Crippen MR) is 87.0 cm³/mol. The highest BCUT2D eigenvalue weighted by molar-refractivity contribution is 6.17. The molecule has 1 saturated heterocycles. The summed E-state index contributed by atoms with van der Waals surface area (Å²) in [7, 11) is 4.68. The number of phenols is 1. The number of carbonyl (C=O) groups is 3. The summed E-state index contributed by atoms with van der Waals surface area (Å²) >= 11 is 0. The van der Waals surface area contributed by atoms with Gasteiger partial charge in [0.25, 0.3) is 0 Å². The zero-order valence-electron chi connectivity index (χ0n) is 14.7. The van der Waals surface area contributed by atoms with E-state index in [0.29, 0.717) is 12.1 Å². The molecule has 0 unspecified atom stereocenters. The molecule has 25 heavy (non-hydrogen) atoms. The smallest absolute Gasteiger partial charge is 0.308 e. The highest BCUT2D eigenvalue weighted by atomic mass is 16.6. The average molecular weight is 348 g/mol. The molecule has 2 heterocycles. The summed E-state index contributed by atoms with van der Waals surface area (Å²) in [5.41, 5.74) is 0.691. The first kappa shape index (κ1) is 17.2. The zero-order chi connectivity index (χ0) is 18.6. The van der Waals surface area contributed by atoms with Crippen LogP contribution in [0.2, 0.25) is 0 Å². The van der Waals surface area contributed by atoms with Gasteiger partial charge in [-0.2, -0.15) is 0 Å². The van der Waals surface area contributed by atoms with Crippen molar-refractivity contribution in [2.75, 3.05) is 27.7 Å². The minimum Gasteiger partial charge on any atom is -0.507 e. The second kappa shape index (κ2) is 5.73. The van der Waals surface area contributed by atoms with Gasteiger partial charge in [-0.25, -0.2) is 0 Å². The molecule has 0 saturated carbocycles. The summed E-state index contributed by atoms with van der Waals surface area (Å²) in [6.45, 7) is 3.12. The van der Waals surface area contributed by atoms with Gasteiger partial charge >= 0.3 is 5.97 Å². The van der Waals surface area contributed by atoms with E-state index in [1.165, 1.54) is 18.9 Å². The minimum absolute atomic E-state index is 0.0316. The molecule has 1 aromatic rings. The van der Waals surface area contributed by atoms with E-state index in [-0.39, 0.29) is 34.3 Å². The third kappa shape index (κ3) is 2.28. The number of likely N-dealkylation sites (N-methyl/N-ethyl adjacent to an activating group) is 2. The number of methoxy groups -OCH3 is 1. The summed E-state index contributed by atoms with van der Waals surface area (Å²) in [4.78, 5) is 40.1. The zero-order valence-corrected chi connectivity index (χ0v) is 14.7. The van der Waals surface area contributed by atoms with E-state index in [9.17, 15) is 19.5 Å². The van der Waals surface area contributed by atoms with Crippen molar-refractivity contribution >= 4 is 17.7 Å². The van der Waals surface area contributed by atoms with Crippen molar-refractivity contribution in [2.45, 2.75) is 25.9 Å². The van der Waals surface area contributed by atoms with Crippen LogP contribution in [0.3, 0.4) is 0 Å². The van der Waals surface area contributed by atoms with E-state index < -0.39 is 23.8 Å². The van der Waals surface area contributed by atoms with E-state index in [1.807, 2.05) is 0 Å². The van der Waals surface area contributed by atoms with Crippen LogP contribution in [0.5, 0.6) is 17.2 Å². The average Bonchev–Trinajstić information content (AvgIpc) is 2.53. The Bertz CT molecular complexity index is 803. The Balaban J connectivity index is 2.37. The molecule has 3 rings (SSSR count). The second-order valence-electron chi connectivity index (χ2n) is 6.39. The van der Waals surface area contributed by atoms with Crippen LogP contribution in [-0.4, -0.2) is 66.4 Å². The summed E-state index contributed by atoms with van der Waals surface area (Å²) in [5, 5.41) is 10.6. The molecule has 1 aromatic carbocycles. The number of esters is 1. The molecule has 0 spiro atoms. The number of piperazine rings is 1. The number of hydrogen-bond donors (Lipinski definition) is 1. The fourth-order valence-electron chi connectivity index (χ4n) is 3.66. The summed E-state index contributed by atoms with van der Waals surface area (Å²) in [6, 6.07) is -1.41. The molecule has 1 N–H and O–H groups in total. The number of ether oxygens (including phenoxy) is 2. The SMILES string of the molecule is COc1c(C)c(O)c2c(c1OC(C)=O)[C@@H]1CN(C)C(=O)[C@H](C2=O)N1C. The first-order chi connectivity index (χ1) is 11.7. The lowest BCUT2D eigenvalue weighted by molar-refractivity contribution is -0.140. The van der Waals surface area contributed by atoms with Gasteiger partial charge in [0.2, 0.25) is 5.91 Å². The standard InChI is InChI=1S/C17H20N2O6/c1-7-13(21)11-10(16(15(7)24-5)25-8(2)20)9-6-18(3)17(23)12(14(11)22)19(9)4/h9,12,21H,6H2,1-5H3/t9-,12-/m0/s1. The molecule has 1 fully saturated rings. The third-order valence-electron chi connectivity index (χ3n) is 4.89. The van der Waals surface area contributed by atoms with E-state index in [2.05, 4.69) is 0 Å². The number of benzene rings is 1. The van der Waals surface area contributed by atoms with Crippen LogP contribution in [-0.2, 0) is 9.59 Å². The maximum atomic E-state index is 13.0. The van der Waals surface area contributed by atoms with Crippen LogP contribution < -0.4 is 9.47 Å². The molecular formula is C17H20N2O6. The molecular weight excluding hydrogens is 328 g/mol. The summed E-state index contributed by atoms with van der Waals surface area (Å²) in [6.07, 6.45) is 0. The Labute approximate surface area is 144 Å². The topological polar surface area (TPSA) is 96.4 Å². The first-order valence-electron chi connectivity index (χ1n) is 7.83. The van der Waals surface area contributed by atoms with Crippen LogP contribution >= 0.6 is 0 Å². The van der Waals surface area contributed by atoms with Crippen LogP contribution in [0, 0.1) is 6.92 Å². The van der Waals surface area contributed by atoms with Gasteiger partial charge in [-0.05, 0) is 14.0 Å². The van der Waals surface area contributed by atoms with Gasteiger partial charge in [0, 0.05) is 31.6 Å². The van der Waals surface area contributed by atoms with E-state index in [4.69, 9.17) is 9.47 Å². The first-order valence-corrected chi connectivity index (χ1v) is 7.83. The highest BCUT2D eigenvalue weighted by Crippen LogP contribution is 2.51. The number of ketones is 1. The van der Waals surface area contributed by atoms with Gasteiger partial charge in [-0.3, -0.25) is 19.3 Å². The number of fused-ring (bicyclic) bond motifs is 4. The molecule has 0 aromatic heterocycles. The predicted octanol–water partition coefficient (Wildman–Crippen LogP) is 0.644. The van der Waals surface area contributed by atoms with Crippen LogP contribution in [0.25, 0.3) is 0 Å². The lowest BCUT2D eigenvalue weighted by Crippen LogP contribution is -2.61. The van der Waals surface area contributed by atoms with Gasteiger partial charge in [-0.1, -0.05) is 0 Å². The van der Waals surface area contributed by atoms with Gasteiger partial charge in [0.15, 0.2) is 23.3 Å². The van der Waals surface area contributed by atoms with Crippen molar-refractivity contribution in [3.05, 3.63) is 16.7 Å². The Morgan fingerprint density at radius 3 is 2.44 bits per heavy atom. The largest absolute Gasteiger partial charge is 0.507 e. The molecule has 2 atom stereocenters. The summed E-state index contributed by atoms with van der Waals surface area (Å²) < 4.78 is 10.7. The summed E-state index contributed by atoms with van der Waals surface area (Å²) in [5.74, 6) is -1.33. The minimum atomic E-state index is -1.000. The van der Waals surface area contributed by atoms with E-state index >= 15 is 0 Å². The van der Waals surface area contributed by atoms with Crippen molar-refractivity contribution in [1.82, 2.24) is 9.80 Å².